The topological polar surface area (TPSA) is 27.1 Å². The predicted octanol–water partition coefficient (Wildman–Crippen LogP) is 6.82. The lowest BCUT2D eigenvalue weighted by Crippen LogP contribution is -2.09. The minimum absolute atomic E-state index is 0.0530. The van der Waals surface area contributed by atoms with E-state index in [1.807, 2.05) is 47.2 Å². The van der Waals surface area contributed by atoms with Gasteiger partial charge in [0.2, 0.25) is 4.38 Å². The molecule has 0 saturated carbocycles. The highest BCUT2D eigenvalue weighted by Crippen LogP contribution is 2.37. The summed E-state index contributed by atoms with van der Waals surface area (Å²) in [6.07, 6.45) is 5.38. The van der Waals surface area contributed by atoms with Crippen LogP contribution in [0.5, 0.6) is 0 Å². The van der Waals surface area contributed by atoms with E-state index >= 15 is 0 Å². The van der Waals surface area contributed by atoms with Gasteiger partial charge >= 0.3 is 0 Å². The van der Waals surface area contributed by atoms with Gasteiger partial charge in [0.1, 0.15) is 6.61 Å². The lowest BCUT2D eigenvalue weighted by Gasteiger charge is -2.19. The largest absolute Gasteiger partial charge is 0.474 e. The summed E-state index contributed by atoms with van der Waals surface area (Å²) in [7, 11) is 0. The van der Waals surface area contributed by atoms with E-state index in [1.165, 1.54) is 11.8 Å². The maximum absolute atomic E-state index is 6.42. The van der Waals surface area contributed by atoms with Crippen LogP contribution in [0.2, 0.25) is 15.1 Å². The molecule has 0 fully saturated rings. The summed E-state index contributed by atoms with van der Waals surface area (Å²) in [6.45, 7) is 0.958. The summed E-state index contributed by atoms with van der Waals surface area (Å²) < 4.78 is 8.15. The Labute approximate surface area is 182 Å². The van der Waals surface area contributed by atoms with E-state index in [1.54, 1.807) is 18.6 Å². The van der Waals surface area contributed by atoms with Gasteiger partial charge in [-0.3, -0.25) is 0 Å². The van der Waals surface area contributed by atoms with Crippen molar-refractivity contribution in [2.75, 3.05) is 0 Å². The lowest BCUT2D eigenvalue weighted by atomic mass is 10.1. The van der Waals surface area contributed by atoms with Crippen molar-refractivity contribution in [3.63, 3.8) is 0 Å². The number of halogens is 3. The standard InChI is InChI=1S/C19H15Cl3N2OS2/c20-14-5-6-15(17(22)9-14)18(10-24-8-7-23-12-24)27-19(26)25-11-13-3-1-2-4-16(13)21/h1-9,12,18H,10-11H2. The molecule has 1 atom stereocenters. The number of hydrogen-bond acceptors (Lipinski definition) is 4. The molecule has 3 rings (SSSR count). The van der Waals surface area contributed by atoms with Gasteiger partial charge in [-0.25, -0.2) is 4.98 Å². The van der Waals surface area contributed by atoms with Crippen LogP contribution in [0.1, 0.15) is 16.4 Å². The van der Waals surface area contributed by atoms with E-state index < -0.39 is 0 Å². The number of hydrogen-bond donors (Lipinski definition) is 0. The van der Waals surface area contributed by atoms with E-state index in [2.05, 4.69) is 4.98 Å². The number of thioether (sulfide) groups is 1. The van der Waals surface area contributed by atoms with Gasteiger partial charge in [-0.2, -0.15) is 0 Å². The third-order valence-corrected chi connectivity index (χ3v) is 6.12. The molecule has 0 bridgehead atoms. The number of rotatable bonds is 6. The first-order valence-corrected chi connectivity index (χ1v) is 10.4. The molecule has 0 N–H and O–H groups in total. The summed E-state index contributed by atoms with van der Waals surface area (Å²) in [5.41, 5.74) is 1.82. The predicted molar refractivity (Wildman–Crippen MR) is 118 cm³/mol. The van der Waals surface area contributed by atoms with E-state index in [9.17, 15) is 0 Å². The Morgan fingerprint density at radius 1 is 1.15 bits per heavy atom. The highest BCUT2D eigenvalue weighted by atomic mass is 35.5. The fraction of sp³-hybridized carbons (Fsp3) is 0.158. The molecule has 140 valence electrons. The number of imidazole rings is 1. The van der Waals surface area contributed by atoms with Crippen LogP contribution in [-0.4, -0.2) is 13.9 Å². The monoisotopic (exact) mass is 456 g/mol. The van der Waals surface area contributed by atoms with Gasteiger partial charge in [0.25, 0.3) is 0 Å². The SMILES string of the molecule is S=C(OCc1ccccc1Cl)SC(Cn1ccnc1)c1ccc(Cl)cc1Cl. The van der Waals surface area contributed by atoms with E-state index in [4.69, 9.17) is 51.8 Å². The maximum atomic E-state index is 6.42. The second-order valence-electron chi connectivity index (χ2n) is 5.66. The molecule has 2 aromatic carbocycles. The highest BCUT2D eigenvalue weighted by molar-refractivity contribution is 8.22. The summed E-state index contributed by atoms with van der Waals surface area (Å²) in [4.78, 5) is 4.09. The van der Waals surface area contributed by atoms with Gasteiger partial charge in [-0.15, -0.1) is 0 Å². The van der Waals surface area contributed by atoms with Crippen molar-refractivity contribution >= 4 is 63.2 Å². The number of ether oxygens (including phenoxy) is 1. The third kappa shape index (κ3) is 5.87. The van der Waals surface area contributed by atoms with Crippen LogP contribution in [0, 0.1) is 0 Å². The average molecular weight is 458 g/mol. The zero-order valence-corrected chi connectivity index (χ0v) is 17.9. The lowest BCUT2D eigenvalue weighted by molar-refractivity contribution is 0.310. The Bertz CT molecular complexity index is 919. The summed E-state index contributed by atoms with van der Waals surface area (Å²) in [6, 6.07) is 13.0. The summed E-state index contributed by atoms with van der Waals surface area (Å²) >= 11 is 25.5. The van der Waals surface area contributed by atoms with Crippen LogP contribution in [-0.2, 0) is 17.9 Å². The average Bonchev–Trinajstić information content (AvgIpc) is 3.14. The van der Waals surface area contributed by atoms with Crippen molar-refractivity contribution < 1.29 is 4.74 Å². The van der Waals surface area contributed by atoms with Crippen molar-refractivity contribution in [3.8, 4) is 0 Å². The number of aromatic nitrogens is 2. The number of nitrogens with zero attached hydrogens (tertiary/aromatic N) is 2. The van der Waals surface area contributed by atoms with E-state index in [0.29, 0.717) is 32.6 Å². The Morgan fingerprint density at radius 2 is 1.96 bits per heavy atom. The second-order valence-corrected chi connectivity index (χ2v) is 8.72. The first-order valence-electron chi connectivity index (χ1n) is 8.00. The van der Waals surface area contributed by atoms with Gasteiger partial charge in [0, 0.05) is 39.6 Å². The normalized spacial score (nSPS) is 12.0. The van der Waals surface area contributed by atoms with Gasteiger partial charge < -0.3 is 9.30 Å². The first kappa shape index (κ1) is 20.5. The molecule has 3 aromatic rings. The molecule has 0 saturated heterocycles. The highest BCUT2D eigenvalue weighted by Gasteiger charge is 2.20. The molecule has 3 nitrogen and oxygen atoms in total. The van der Waals surface area contributed by atoms with Gasteiger partial charge in [0.05, 0.1) is 11.6 Å². The third-order valence-electron chi connectivity index (χ3n) is 3.79. The fourth-order valence-corrected chi connectivity index (χ4v) is 4.59. The van der Waals surface area contributed by atoms with Crippen LogP contribution in [0.15, 0.2) is 61.2 Å². The second kappa shape index (κ2) is 9.80. The Hall–Kier alpha value is -1.24. The molecule has 0 radical (unpaired) electrons. The van der Waals surface area contributed by atoms with E-state index in [0.717, 1.165) is 11.1 Å². The molecule has 1 heterocycles. The van der Waals surface area contributed by atoms with Crippen molar-refractivity contribution in [1.29, 1.82) is 0 Å². The summed E-state index contributed by atoms with van der Waals surface area (Å²) in [5, 5.41) is 1.78. The minimum atomic E-state index is -0.0530. The Balaban J connectivity index is 1.72. The van der Waals surface area contributed by atoms with Crippen molar-refractivity contribution in [2.45, 2.75) is 18.4 Å². The zero-order valence-electron chi connectivity index (χ0n) is 14.0. The van der Waals surface area contributed by atoms with Crippen LogP contribution >= 0.6 is 58.8 Å². The van der Waals surface area contributed by atoms with Crippen molar-refractivity contribution in [3.05, 3.63) is 87.4 Å². The quantitative estimate of drug-likeness (QED) is 0.379. The van der Waals surface area contributed by atoms with Gasteiger partial charge in [0.15, 0.2) is 0 Å². The number of benzene rings is 2. The van der Waals surface area contributed by atoms with Crippen LogP contribution < -0.4 is 0 Å². The Kier molecular flexibility index (Phi) is 7.44. The molecule has 27 heavy (non-hydrogen) atoms. The molecule has 0 spiro atoms. The molecule has 0 aliphatic rings. The maximum Gasteiger partial charge on any atom is 0.220 e. The minimum Gasteiger partial charge on any atom is -0.474 e. The van der Waals surface area contributed by atoms with Crippen LogP contribution in [0.25, 0.3) is 0 Å². The van der Waals surface area contributed by atoms with Crippen molar-refractivity contribution in [2.24, 2.45) is 0 Å². The summed E-state index contributed by atoms with van der Waals surface area (Å²) in [5.74, 6) is 0. The molecule has 0 amide bonds. The molecule has 0 aliphatic carbocycles. The first-order chi connectivity index (χ1) is 13.0. The van der Waals surface area contributed by atoms with Gasteiger partial charge in [-0.05, 0) is 36.0 Å². The smallest absolute Gasteiger partial charge is 0.220 e. The molecule has 0 aliphatic heterocycles. The Morgan fingerprint density at radius 3 is 2.67 bits per heavy atom. The number of thiocarbonyl (C=S) groups is 1. The van der Waals surface area contributed by atoms with Gasteiger partial charge in [-0.1, -0.05) is 70.8 Å². The van der Waals surface area contributed by atoms with E-state index in [-0.39, 0.29) is 5.25 Å². The van der Waals surface area contributed by atoms with Crippen LogP contribution in [0.4, 0.5) is 0 Å². The van der Waals surface area contributed by atoms with Crippen molar-refractivity contribution in [1.82, 2.24) is 9.55 Å². The molecule has 8 heteroatoms. The zero-order chi connectivity index (χ0) is 19.2. The molecule has 1 aromatic heterocycles. The molecule has 1 unspecified atom stereocenters. The fourth-order valence-electron chi connectivity index (χ4n) is 2.45. The molecular weight excluding hydrogens is 443 g/mol. The van der Waals surface area contributed by atoms with Crippen LogP contribution in [0.3, 0.4) is 0 Å². The molecular formula is C19H15Cl3N2OS2.